The van der Waals surface area contributed by atoms with Crippen LogP contribution in [0.15, 0.2) is 42.5 Å². The third-order valence-electron chi connectivity index (χ3n) is 4.05. The zero-order valence-corrected chi connectivity index (χ0v) is 16.2. The Morgan fingerprint density at radius 2 is 1.93 bits per heavy atom. The van der Waals surface area contributed by atoms with Crippen LogP contribution in [-0.2, 0) is 19.6 Å². The molecule has 1 aliphatic heterocycles. The van der Waals surface area contributed by atoms with E-state index in [0.29, 0.717) is 9.99 Å². The van der Waals surface area contributed by atoms with Crippen molar-refractivity contribution in [2.24, 2.45) is 0 Å². The third-order valence-corrected chi connectivity index (χ3v) is 6.06. The molecular formula is C18H15ClN2O6S. The van der Waals surface area contributed by atoms with Crippen LogP contribution in [0.25, 0.3) is 0 Å². The van der Waals surface area contributed by atoms with Crippen LogP contribution >= 0.6 is 11.6 Å². The highest BCUT2D eigenvalue weighted by atomic mass is 35.5. The second kappa shape index (κ2) is 7.61. The van der Waals surface area contributed by atoms with Crippen molar-refractivity contribution in [2.75, 3.05) is 22.5 Å². The van der Waals surface area contributed by atoms with Crippen molar-refractivity contribution < 1.29 is 27.5 Å². The number of hydrogen-bond acceptors (Lipinski definition) is 6. The van der Waals surface area contributed by atoms with E-state index < -0.39 is 27.8 Å². The quantitative estimate of drug-likeness (QED) is 0.758. The lowest BCUT2D eigenvalue weighted by atomic mass is 10.1. The first-order valence-electron chi connectivity index (χ1n) is 8.08. The summed E-state index contributed by atoms with van der Waals surface area (Å²) in [7, 11) is -2.47. The molecule has 2 aromatic rings. The number of anilines is 2. The molecule has 0 atom stereocenters. The molecular weight excluding hydrogens is 408 g/mol. The summed E-state index contributed by atoms with van der Waals surface area (Å²) in [6.07, 6.45) is -0.0985. The van der Waals surface area contributed by atoms with E-state index in [-0.39, 0.29) is 34.0 Å². The Morgan fingerprint density at radius 1 is 1.18 bits per heavy atom. The maximum absolute atomic E-state index is 12.5. The Balaban J connectivity index is 1.84. The van der Waals surface area contributed by atoms with Crippen LogP contribution in [0, 0.1) is 0 Å². The highest BCUT2D eigenvalue weighted by molar-refractivity contribution is 7.94. The van der Waals surface area contributed by atoms with Gasteiger partial charge in [-0.1, -0.05) is 17.7 Å². The molecule has 1 aliphatic rings. The smallest absolute Gasteiger partial charge is 0.337 e. The van der Waals surface area contributed by atoms with E-state index in [4.69, 9.17) is 11.6 Å². The maximum Gasteiger partial charge on any atom is 0.337 e. The van der Waals surface area contributed by atoms with E-state index in [1.54, 1.807) is 12.1 Å². The van der Waals surface area contributed by atoms with E-state index in [1.165, 1.54) is 37.4 Å². The van der Waals surface area contributed by atoms with Crippen LogP contribution in [-0.4, -0.2) is 39.1 Å². The number of methoxy groups -OCH3 is 1. The molecule has 8 nitrogen and oxygen atoms in total. The molecule has 0 aliphatic carbocycles. The molecule has 1 saturated heterocycles. The first-order valence-corrected chi connectivity index (χ1v) is 10.1. The summed E-state index contributed by atoms with van der Waals surface area (Å²) >= 11 is 6.15. The van der Waals surface area contributed by atoms with Crippen molar-refractivity contribution in [3.8, 4) is 0 Å². The van der Waals surface area contributed by atoms with Gasteiger partial charge in [-0.3, -0.25) is 9.59 Å². The summed E-state index contributed by atoms with van der Waals surface area (Å²) in [6, 6.07) is 10.1. The number of carbonyl (C=O) groups excluding carboxylic acids is 3. The fraction of sp³-hybridized carbons (Fsp3) is 0.167. The fourth-order valence-corrected chi connectivity index (χ4v) is 4.44. The fourth-order valence-electron chi connectivity index (χ4n) is 2.72. The second-order valence-corrected chi connectivity index (χ2v) is 8.26. The Morgan fingerprint density at radius 3 is 2.54 bits per heavy atom. The number of amides is 2. The number of nitrogens with zero attached hydrogens (tertiary/aromatic N) is 1. The number of carbonyl (C=O) groups is 3. The summed E-state index contributed by atoms with van der Waals surface area (Å²) in [4.78, 5) is 35.9. The van der Waals surface area contributed by atoms with Crippen molar-refractivity contribution in [3.63, 3.8) is 0 Å². The van der Waals surface area contributed by atoms with E-state index >= 15 is 0 Å². The Kier molecular flexibility index (Phi) is 5.39. The zero-order chi connectivity index (χ0) is 20.5. The highest BCUT2D eigenvalue weighted by Gasteiger charge is 2.36. The molecule has 10 heteroatoms. The number of hydrogen-bond donors (Lipinski definition) is 1. The zero-order valence-electron chi connectivity index (χ0n) is 14.6. The predicted octanol–water partition coefficient (Wildman–Crippen LogP) is 2.45. The van der Waals surface area contributed by atoms with E-state index in [9.17, 15) is 22.8 Å². The van der Waals surface area contributed by atoms with Gasteiger partial charge in [0.05, 0.1) is 34.7 Å². The van der Waals surface area contributed by atoms with Gasteiger partial charge in [0.2, 0.25) is 15.9 Å². The Hall–Kier alpha value is -2.91. The predicted molar refractivity (Wildman–Crippen MR) is 103 cm³/mol. The van der Waals surface area contributed by atoms with Gasteiger partial charge in [0.15, 0.2) is 0 Å². The van der Waals surface area contributed by atoms with Crippen LogP contribution in [0.4, 0.5) is 11.4 Å². The van der Waals surface area contributed by atoms with Crippen molar-refractivity contribution in [1.82, 2.24) is 0 Å². The van der Waals surface area contributed by atoms with Gasteiger partial charge in [0, 0.05) is 12.1 Å². The molecule has 0 spiro atoms. The first kappa shape index (κ1) is 19.8. The monoisotopic (exact) mass is 422 g/mol. The molecule has 0 radical (unpaired) electrons. The van der Waals surface area contributed by atoms with Crippen molar-refractivity contribution >= 4 is 50.8 Å². The lowest BCUT2D eigenvalue weighted by Gasteiger charge is -2.16. The summed E-state index contributed by atoms with van der Waals surface area (Å²) in [5, 5.41) is 2.58. The van der Waals surface area contributed by atoms with Gasteiger partial charge in [-0.05, 0) is 36.4 Å². The standard InChI is InChI=1S/C18H15ClN2O6S/c1-27-18(24)11-3-2-4-12(9-11)20-17(23)14-6-5-13(10-15(14)19)21-16(22)7-8-28(21,25)26/h2-6,9-10H,7-8H2,1H3,(H,20,23). The van der Waals surface area contributed by atoms with Gasteiger partial charge in [-0.25, -0.2) is 17.5 Å². The largest absolute Gasteiger partial charge is 0.465 e. The van der Waals surface area contributed by atoms with Crippen LogP contribution in [0.5, 0.6) is 0 Å². The summed E-state index contributed by atoms with van der Waals surface area (Å²) in [5.74, 6) is -1.92. The van der Waals surface area contributed by atoms with Gasteiger partial charge < -0.3 is 10.1 Å². The SMILES string of the molecule is COC(=O)c1cccc(NC(=O)c2ccc(N3C(=O)CCS3(=O)=O)cc2Cl)c1. The molecule has 146 valence electrons. The van der Waals surface area contributed by atoms with Gasteiger partial charge in [-0.2, -0.15) is 0 Å². The normalized spacial score (nSPS) is 15.4. The Labute approximate surface area is 166 Å². The molecule has 3 rings (SSSR count). The molecule has 0 unspecified atom stereocenters. The van der Waals surface area contributed by atoms with Crippen molar-refractivity contribution in [2.45, 2.75) is 6.42 Å². The maximum atomic E-state index is 12.5. The average Bonchev–Trinajstić information content (AvgIpc) is 2.93. The minimum Gasteiger partial charge on any atom is -0.465 e. The number of ether oxygens (including phenoxy) is 1. The Bertz CT molecular complexity index is 1080. The number of esters is 1. The van der Waals surface area contributed by atoms with Crippen molar-refractivity contribution in [1.29, 1.82) is 0 Å². The summed E-state index contributed by atoms with van der Waals surface area (Å²) in [5.41, 5.74) is 0.777. The van der Waals surface area contributed by atoms with Crippen LogP contribution in [0.3, 0.4) is 0 Å². The molecule has 0 aromatic heterocycles. The minimum atomic E-state index is -3.72. The first-order chi connectivity index (χ1) is 13.2. The van der Waals surface area contributed by atoms with E-state index in [2.05, 4.69) is 10.1 Å². The number of halogens is 1. The topological polar surface area (TPSA) is 110 Å². The second-order valence-electron chi connectivity index (χ2n) is 5.91. The van der Waals surface area contributed by atoms with Crippen molar-refractivity contribution in [3.05, 3.63) is 58.6 Å². The summed E-state index contributed by atoms with van der Waals surface area (Å²) < 4.78 is 29.3. The number of nitrogens with one attached hydrogen (secondary N) is 1. The van der Waals surface area contributed by atoms with E-state index in [0.717, 1.165) is 0 Å². The van der Waals surface area contributed by atoms with Gasteiger partial charge in [0.1, 0.15) is 0 Å². The van der Waals surface area contributed by atoms with Gasteiger partial charge >= 0.3 is 5.97 Å². The van der Waals surface area contributed by atoms with Crippen LogP contribution in [0.2, 0.25) is 5.02 Å². The third kappa shape index (κ3) is 3.85. The molecule has 1 N–H and O–H groups in total. The molecule has 2 amide bonds. The number of sulfonamides is 1. The van der Waals surface area contributed by atoms with Crippen LogP contribution in [0.1, 0.15) is 27.1 Å². The molecule has 1 heterocycles. The number of benzene rings is 2. The highest BCUT2D eigenvalue weighted by Crippen LogP contribution is 2.29. The molecule has 1 fully saturated rings. The number of rotatable bonds is 4. The van der Waals surface area contributed by atoms with Gasteiger partial charge in [-0.15, -0.1) is 0 Å². The molecule has 2 aromatic carbocycles. The van der Waals surface area contributed by atoms with Gasteiger partial charge in [0.25, 0.3) is 5.91 Å². The minimum absolute atomic E-state index is 0.0194. The molecule has 0 bridgehead atoms. The van der Waals surface area contributed by atoms with E-state index in [1.807, 2.05) is 0 Å². The van der Waals surface area contributed by atoms with Crippen LogP contribution < -0.4 is 9.62 Å². The molecule has 0 saturated carbocycles. The lowest BCUT2D eigenvalue weighted by Crippen LogP contribution is -2.29. The molecule has 28 heavy (non-hydrogen) atoms. The summed E-state index contributed by atoms with van der Waals surface area (Å²) in [6.45, 7) is 0. The lowest BCUT2D eigenvalue weighted by molar-refractivity contribution is -0.116. The average molecular weight is 423 g/mol.